The van der Waals surface area contributed by atoms with Gasteiger partial charge in [0.15, 0.2) is 11.5 Å². The number of carbonyl (C=O) groups is 1. The average molecular weight is 283 g/mol. The third-order valence-corrected chi connectivity index (χ3v) is 4.96. The van der Waals surface area contributed by atoms with E-state index in [-0.39, 0.29) is 16.2 Å². The van der Waals surface area contributed by atoms with E-state index < -0.39 is 21.8 Å². The number of fused-ring (bicyclic) bond motifs is 1. The van der Waals surface area contributed by atoms with Crippen molar-refractivity contribution in [3.63, 3.8) is 0 Å². The molecule has 19 heavy (non-hydrogen) atoms. The van der Waals surface area contributed by atoms with Gasteiger partial charge in [0.05, 0.1) is 7.11 Å². The second-order valence-electron chi connectivity index (χ2n) is 4.11. The Morgan fingerprint density at radius 2 is 2.00 bits per heavy atom. The smallest absolute Gasteiger partial charge is 0.359 e. The minimum Gasteiger partial charge on any atom is -0.505 e. The highest BCUT2D eigenvalue weighted by molar-refractivity contribution is 7.89. The SMILES string of the molecule is COC(=O)C1=C(O)c2cccc(C)c2S(=O)(=O)N1C. The molecule has 1 N–H and O–H groups in total. The van der Waals surface area contributed by atoms with E-state index in [1.54, 1.807) is 19.1 Å². The molecule has 1 aromatic carbocycles. The van der Waals surface area contributed by atoms with Gasteiger partial charge in [0.2, 0.25) is 0 Å². The van der Waals surface area contributed by atoms with Gasteiger partial charge in [-0.2, -0.15) is 0 Å². The van der Waals surface area contributed by atoms with Crippen molar-refractivity contribution in [2.75, 3.05) is 14.2 Å². The summed E-state index contributed by atoms with van der Waals surface area (Å²) in [5.41, 5.74) is 0.221. The summed E-state index contributed by atoms with van der Waals surface area (Å²) >= 11 is 0. The number of nitrogens with zero attached hydrogens (tertiary/aromatic N) is 1. The Hall–Kier alpha value is -2.02. The van der Waals surface area contributed by atoms with Gasteiger partial charge in [0, 0.05) is 12.6 Å². The lowest BCUT2D eigenvalue weighted by Crippen LogP contribution is -2.36. The van der Waals surface area contributed by atoms with E-state index in [2.05, 4.69) is 4.74 Å². The molecule has 1 aliphatic rings. The Morgan fingerprint density at radius 3 is 2.58 bits per heavy atom. The maximum Gasteiger partial charge on any atom is 0.359 e. The summed E-state index contributed by atoms with van der Waals surface area (Å²) in [7, 11) is -1.55. The molecule has 7 heteroatoms. The Morgan fingerprint density at radius 1 is 1.37 bits per heavy atom. The fourth-order valence-corrected chi connectivity index (χ4v) is 3.63. The number of sulfonamides is 1. The number of likely N-dealkylation sites (N-methyl/N-ethyl adjacent to an activating group) is 1. The lowest BCUT2D eigenvalue weighted by atomic mass is 10.1. The number of esters is 1. The minimum atomic E-state index is -3.87. The van der Waals surface area contributed by atoms with E-state index in [0.29, 0.717) is 5.56 Å². The highest BCUT2D eigenvalue weighted by Gasteiger charge is 2.39. The van der Waals surface area contributed by atoms with Crippen LogP contribution in [0, 0.1) is 6.92 Å². The normalized spacial score (nSPS) is 17.1. The minimum absolute atomic E-state index is 0.00246. The zero-order chi connectivity index (χ0) is 14.4. The van der Waals surface area contributed by atoms with Gasteiger partial charge in [-0.15, -0.1) is 0 Å². The van der Waals surface area contributed by atoms with Gasteiger partial charge >= 0.3 is 5.97 Å². The van der Waals surface area contributed by atoms with Gasteiger partial charge < -0.3 is 9.84 Å². The molecule has 0 spiro atoms. The number of methoxy groups -OCH3 is 1. The van der Waals surface area contributed by atoms with Crippen LogP contribution in [0.1, 0.15) is 11.1 Å². The van der Waals surface area contributed by atoms with Crippen molar-refractivity contribution >= 4 is 21.8 Å². The molecule has 0 aliphatic carbocycles. The lowest BCUT2D eigenvalue weighted by Gasteiger charge is -2.28. The highest BCUT2D eigenvalue weighted by Crippen LogP contribution is 2.36. The van der Waals surface area contributed by atoms with Crippen LogP contribution in [0.4, 0.5) is 0 Å². The van der Waals surface area contributed by atoms with Crippen LogP contribution < -0.4 is 0 Å². The van der Waals surface area contributed by atoms with Crippen molar-refractivity contribution < 1.29 is 23.1 Å². The number of ether oxygens (including phenoxy) is 1. The molecule has 0 atom stereocenters. The van der Waals surface area contributed by atoms with Gasteiger partial charge in [0.1, 0.15) is 4.90 Å². The van der Waals surface area contributed by atoms with E-state index in [4.69, 9.17) is 0 Å². The fourth-order valence-electron chi connectivity index (χ4n) is 2.04. The van der Waals surface area contributed by atoms with Gasteiger partial charge in [-0.3, -0.25) is 4.31 Å². The third kappa shape index (κ3) is 1.77. The van der Waals surface area contributed by atoms with E-state index in [9.17, 15) is 18.3 Å². The third-order valence-electron chi connectivity index (χ3n) is 3.00. The number of carbonyl (C=O) groups excluding carboxylic acids is 1. The van der Waals surface area contributed by atoms with Crippen LogP contribution in [0.15, 0.2) is 28.8 Å². The standard InChI is InChI=1S/C12H13NO5S/c1-7-5-4-6-8-10(14)9(12(15)18-3)13(2)19(16,17)11(7)8/h4-6,14H,1-3H3. The van der Waals surface area contributed by atoms with Crippen molar-refractivity contribution in [2.24, 2.45) is 0 Å². The van der Waals surface area contributed by atoms with Crippen LogP contribution >= 0.6 is 0 Å². The topological polar surface area (TPSA) is 83.9 Å². The first-order chi connectivity index (χ1) is 8.82. The second-order valence-corrected chi connectivity index (χ2v) is 6.02. The molecule has 0 bridgehead atoms. The Labute approximate surface area is 111 Å². The second kappa shape index (κ2) is 4.27. The van der Waals surface area contributed by atoms with Gasteiger partial charge in [-0.1, -0.05) is 12.1 Å². The number of aliphatic hydroxyl groups is 1. The zero-order valence-electron chi connectivity index (χ0n) is 10.7. The highest BCUT2D eigenvalue weighted by atomic mass is 32.2. The molecule has 0 saturated heterocycles. The van der Waals surface area contributed by atoms with Crippen LogP contribution in [-0.2, 0) is 19.6 Å². The van der Waals surface area contributed by atoms with Crippen molar-refractivity contribution in [1.29, 1.82) is 0 Å². The molecule has 1 aliphatic heterocycles. The number of benzene rings is 1. The summed E-state index contributed by atoms with van der Waals surface area (Å²) in [5.74, 6) is -1.31. The summed E-state index contributed by atoms with van der Waals surface area (Å²) in [4.78, 5) is 11.6. The van der Waals surface area contributed by atoms with Crippen molar-refractivity contribution in [3.8, 4) is 0 Å². The van der Waals surface area contributed by atoms with E-state index in [0.717, 1.165) is 11.4 Å². The summed E-state index contributed by atoms with van der Waals surface area (Å²) in [6.07, 6.45) is 0. The molecule has 6 nitrogen and oxygen atoms in total. The molecular weight excluding hydrogens is 270 g/mol. The predicted molar refractivity (Wildman–Crippen MR) is 67.7 cm³/mol. The zero-order valence-corrected chi connectivity index (χ0v) is 11.5. The van der Waals surface area contributed by atoms with Crippen LogP contribution in [0.25, 0.3) is 5.76 Å². The van der Waals surface area contributed by atoms with Gasteiger partial charge in [-0.25, -0.2) is 13.2 Å². The van der Waals surface area contributed by atoms with Crippen molar-refractivity contribution in [2.45, 2.75) is 11.8 Å². The monoisotopic (exact) mass is 283 g/mol. The Balaban J connectivity index is 2.88. The largest absolute Gasteiger partial charge is 0.505 e. The first kappa shape index (κ1) is 13.4. The molecule has 1 aromatic rings. The number of hydrogen-bond donors (Lipinski definition) is 1. The molecule has 2 rings (SSSR count). The summed E-state index contributed by atoms with van der Waals surface area (Å²) in [5, 5.41) is 10.1. The summed E-state index contributed by atoms with van der Waals surface area (Å²) < 4.78 is 30.0. The van der Waals surface area contributed by atoms with E-state index in [1.807, 2.05) is 0 Å². The molecule has 0 radical (unpaired) electrons. The van der Waals surface area contributed by atoms with Crippen LogP contribution in [0.5, 0.6) is 0 Å². The fraction of sp³-hybridized carbons (Fsp3) is 0.250. The Kier molecular flexibility index (Phi) is 3.01. The van der Waals surface area contributed by atoms with Crippen molar-refractivity contribution in [3.05, 3.63) is 35.0 Å². The van der Waals surface area contributed by atoms with E-state index >= 15 is 0 Å². The molecule has 1 heterocycles. The van der Waals surface area contributed by atoms with Crippen LogP contribution in [0.3, 0.4) is 0 Å². The summed E-state index contributed by atoms with van der Waals surface area (Å²) in [6.45, 7) is 1.63. The van der Waals surface area contributed by atoms with Crippen LogP contribution in [-0.4, -0.2) is 38.0 Å². The first-order valence-corrected chi connectivity index (χ1v) is 6.87. The molecule has 0 amide bonds. The van der Waals surface area contributed by atoms with Crippen LogP contribution in [0.2, 0.25) is 0 Å². The molecular formula is C12H13NO5S. The quantitative estimate of drug-likeness (QED) is 0.778. The predicted octanol–water partition coefficient (Wildman–Crippen LogP) is 1.03. The van der Waals surface area contributed by atoms with Gasteiger partial charge in [-0.05, 0) is 18.6 Å². The Bertz CT molecular complexity index is 690. The number of aliphatic hydroxyl groups excluding tert-OH is 1. The number of rotatable bonds is 1. The molecule has 0 aromatic heterocycles. The molecule has 0 fully saturated rings. The van der Waals surface area contributed by atoms with Crippen molar-refractivity contribution in [1.82, 2.24) is 4.31 Å². The molecule has 102 valence electrons. The molecule has 0 unspecified atom stereocenters. The maximum absolute atomic E-state index is 12.4. The number of hydrogen-bond acceptors (Lipinski definition) is 5. The first-order valence-electron chi connectivity index (χ1n) is 5.42. The average Bonchev–Trinajstić information content (AvgIpc) is 2.36. The lowest BCUT2D eigenvalue weighted by molar-refractivity contribution is -0.137. The number of aryl methyl sites for hydroxylation is 1. The van der Waals surface area contributed by atoms with E-state index in [1.165, 1.54) is 13.1 Å². The summed E-state index contributed by atoms with van der Waals surface area (Å²) in [6, 6.07) is 4.69. The van der Waals surface area contributed by atoms with Gasteiger partial charge in [0.25, 0.3) is 10.0 Å². The molecule has 0 saturated carbocycles. The maximum atomic E-state index is 12.4.